The van der Waals surface area contributed by atoms with Crippen molar-refractivity contribution in [1.29, 1.82) is 0 Å². The van der Waals surface area contributed by atoms with Gasteiger partial charge in [-0.15, -0.1) is 0 Å². The summed E-state index contributed by atoms with van der Waals surface area (Å²) in [6.45, 7) is 4.89. The zero-order valence-corrected chi connectivity index (χ0v) is 22.1. The summed E-state index contributed by atoms with van der Waals surface area (Å²) in [5.74, 6) is 2.33. The van der Waals surface area contributed by atoms with Crippen LogP contribution in [0.25, 0.3) is 10.1 Å². The molecular weight excluding hydrogens is 484 g/mol. The molecule has 192 valence electrons. The number of piperazine rings is 1. The lowest BCUT2D eigenvalue weighted by molar-refractivity contribution is -0.115. The van der Waals surface area contributed by atoms with E-state index in [0.29, 0.717) is 11.5 Å². The number of methoxy groups -OCH3 is 2. The van der Waals surface area contributed by atoms with E-state index in [1.165, 1.54) is 10.1 Å². The van der Waals surface area contributed by atoms with Crippen LogP contribution in [0.3, 0.4) is 0 Å². The first-order chi connectivity index (χ1) is 18.1. The Morgan fingerprint density at radius 3 is 2.51 bits per heavy atom. The third kappa shape index (κ3) is 5.87. The van der Waals surface area contributed by atoms with Crippen molar-refractivity contribution in [1.82, 2.24) is 9.27 Å². The molecule has 0 spiro atoms. The molecule has 3 aromatic carbocycles. The number of hydrogen-bond donors (Lipinski definition) is 1. The topological polar surface area (TPSA) is 66.9 Å². The van der Waals surface area contributed by atoms with Gasteiger partial charge in [0, 0.05) is 43.8 Å². The van der Waals surface area contributed by atoms with Gasteiger partial charge in [-0.25, -0.2) is 0 Å². The number of hydrogen-bond acceptors (Lipinski definition) is 7. The van der Waals surface area contributed by atoms with Crippen LogP contribution in [-0.2, 0) is 17.6 Å². The fraction of sp³-hybridized carbons (Fsp3) is 0.310. The van der Waals surface area contributed by atoms with Gasteiger partial charge in [0.25, 0.3) is 0 Å². The van der Waals surface area contributed by atoms with Gasteiger partial charge in [0.2, 0.25) is 5.91 Å². The highest BCUT2D eigenvalue weighted by molar-refractivity contribution is 7.13. The number of ether oxygens (including phenoxy) is 2. The predicted octanol–water partition coefficient (Wildman–Crippen LogP) is 4.86. The molecule has 2 heterocycles. The van der Waals surface area contributed by atoms with Crippen molar-refractivity contribution in [2.45, 2.75) is 12.8 Å². The van der Waals surface area contributed by atoms with E-state index in [2.05, 4.69) is 45.4 Å². The molecule has 0 atom stereocenters. The van der Waals surface area contributed by atoms with Gasteiger partial charge >= 0.3 is 0 Å². The lowest BCUT2D eigenvalue weighted by atomic mass is 10.1. The molecule has 1 fully saturated rings. The number of amides is 1. The summed E-state index contributed by atoms with van der Waals surface area (Å²) in [5, 5.41) is 4.36. The number of para-hydroxylation sites is 1. The third-order valence-electron chi connectivity index (χ3n) is 6.83. The molecule has 4 aromatic rings. The summed E-state index contributed by atoms with van der Waals surface area (Å²) in [4.78, 5) is 17.7. The second-order valence-electron chi connectivity index (χ2n) is 9.15. The van der Waals surface area contributed by atoms with Crippen LogP contribution in [0.2, 0.25) is 0 Å². The smallest absolute Gasteiger partial charge is 0.228 e. The minimum Gasteiger partial charge on any atom is -0.493 e. The first-order valence-electron chi connectivity index (χ1n) is 12.5. The van der Waals surface area contributed by atoms with Crippen LogP contribution in [0.15, 0.2) is 66.7 Å². The van der Waals surface area contributed by atoms with E-state index in [1.807, 2.05) is 36.4 Å². The van der Waals surface area contributed by atoms with Crippen molar-refractivity contribution in [3.8, 4) is 11.5 Å². The summed E-state index contributed by atoms with van der Waals surface area (Å²) in [6, 6.07) is 22.1. The molecule has 0 aliphatic carbocycles. The minimum atomic E-state index is -0.0521. The van der Waals surface area contributed by atoms with Crippen LogP contribution in [0.4, 0.5) is 11.5 Å². The Labute approximate surface area is 221 Å². The Bertz CT molecular complexity index is 1360. The van der Waals surface area contributed by atoms with Crippen LogP contribution in [0, 0.1) is 0 Å². The maximum atomic E-state index is 12.8. The molecular formula is C29H32N4O3S. The van der Waals surface area contributed by atoms with E-state index in [9.17, 15) is 4.79 Å². The normalized spacial score (nSPS) is 14.1. The van der Waals surface area contributed by atoms with Crippen molar-refractivity contribution in [2.75, 3.05) is 57.2 Å². The van der Waals surface area contributed by atoms with E-state index in [1.54, 1.807) is 25.8 Å². The molecule has 1 aromatic heterocycles. The molecule has 8 heteroatoms. The number of benzene rings is 3. The number of nitrogens with zero attached hydrogens (tertiary/aromatic N) is 3. The largest absolute Gasteiger partial charge is 0.493 e. The van der Waals surface area contributed by atoms with Crippen molar-refractivity contribution in [2.24, 2.45) is 0 Å². The van der Waals surface area contributed by atoms with Crippen LogP contribution in [0.5, 0.6) is 11.5 Å². The Morgan fingerprint density at radius 1 is 0.946 bits per heavy atom. The number of carbonyl (C=O) groups excluding carboxylic acids is 1. The molecule has 1 N–H and O–H groups in total. The Kier molecular flexibility index (Phi) is 7.87. The molecule has 1 aliphatic rings. The van der Waals surface area contributed by atoms with E-state index in [0.717, 1.165) is 61.8 Å². The summed E-state index contributed by atoms with van der Waals surface area (Å²) >= 11 is 1.57. The van der Waals surface area contributed by atoms with E-state index in [-0.39, 0.29) is 12.3 Å². The van der Waals surface area contributed by atoms with Gasteiger partial charge in [-0.3, -0.25) is 9.69 Å². The highest BCUT2D eigenvalue weighted by atomic mass is 32.1. The summed E-state index contributed by atoms with van der Waals surface area (Å²) in [5.41, 5.74) is 2.90. The Morgan fingerprint density at radius 2 is 1.70 bits per heavy atom. The number of anilines is 2. The SMILES string of the molecule is COc1ccc(CC(=O)Nc2ccccc2CCN2CCN(c3nsc4ccccc34)CC2)cc1OC. The third-order valence-corrected chi connectivity index (χ3v) is 7.65. The number of carbonyl (C=O) groups is 1. The number of fused-ring (bicyclic) bond motifs is 1. The van der Waals surface area contributed by atoms with Crippen molar-refractivity contribution in [3.63, 3.8) is 0 Å². The lowest BCUT2D eigenvalue weighted by Crippen LogP contribution is -2.47. The van der Waals surface area contributed by atoms with E-state index >= 15 is 0 Å². The predicted molar refractivity (Wildman–Crippen MR) is 150 cm³/mol. The monoisotopic (exact) mass is 516 g/mol. The molecule has 1 aliphatic heterocycles. The van der Waals surface area contributed by atoms with Gasteiger partial charge in [-0.05, 0) is 59.4 Å². The molecule has 0 unspecified atom stereocenters. The molecule has 0 saturated carbocycles. The first-order valence-corrected chi connectivity index (χ1v) is 13.3. The molecule has 37 heavy (non-hydrogen) atoms. The zero-order valence-electron chi connectivity index (χ0n) is 21.3. The van der Waals surface area contributed by atoms with Crippen molar-refractivity contribution >= 4 is 39.0 Å². The van der Waals surface area contributed by atoms with Gasteiger partial charge in [0.1, 0.15) is 5.82 Å². The standard InChI is InChI=1S/C29H32N4O3S/c1-35-25-12-11-21(19-26(25)36-2)20-28(34)30-24-9-5-3-7-22(24)13-14-32-15-17-33(18-16-32)29-23-8-4-6-10-27(23)37-31-29/h3-12,19H,13-18,20H2,1-2H3,(H,30,34). The average molecular weight is 517 g/mol. The highest BCUT2D eigenvalue weighted by Crippen LogP contribution is 2.30. The summed E-state index contributed by atoms with van der Waals surface area (Å²) in [7, 11) is 3.20. The van der Waals surface area contributed by atoms with Crippen LogP contribution in [-0.4, -0.2) is 62.1 Å². The molecule has 0 radical (unpaired) electrons. The minimum absolute atomic E-state index is 0.0521. The fourth-order valence-corrected chi connectivity index (χ4v) is 5.59. The van der Waals surface area contributed by atoms with Gasteiger partial charge in [0.05, 0.1) is 25.3 Å². The zero-order chi connectivity index (χ0) is 25.6. The van der Waals surface area contributed by atoms with Crippen LogP contribution < -0.4 is 19.7 Å². The maximum absolute atomic E-state index is 12.8. The number of aromatic nitrogens is 1. The van der Waals surface area contributed by atoms with E-state index in [4.69, 9.17) is 13.8 Å². The summed E-state index contributed by atoms with van der Waals surface area (Å²) in [6.07, 6.45) is 1.15. The Hall–Kier alpha value is -3.62. The van der Waals surface area contributed by atoms with E-state index < -0.39 is 0 Å². The lowest BCUT2D eigenvalue weighted by Gasteiger charge is -2.35. The van der Waals surface area contributed by atoms with Crippen molar-refractivity contribution < 1.29 is 14.3 Å². The molecule has 0 bridgehead atoms. The van der Waals surface area contributed by atoms with Crippen LogP contribution in [0.1, 0.15) is 11.1 Å². The van der Waals surface area contributed by atoms with Gasteiger partial charge in [0.15, 0.2) is 11.5 Å². The molecule has 1 amide bonds. The van der Waals surface area contributed by atoms with Gasteiger partial charge in [-0.2, -0.15) is 4.37 Å². The number of nitrogens with one attached hydrogen (secondary N) is 1. The average Bonchev–Trinajstić information content (AvgIpc) is 3.37. The fourth-order valence-electron chi connectivity index (χ4n) is 4.79. The second-order valence-corrected chi connectivity index (χ2v) is 9.96. The summed E-state index contributed by atoms with van der Waals surface area (Å²) < 4.78 is 16.6. The van der Waals surface area contributed by atoms with Crippen LogP contribution >= 0.6 is 11.5 Å². The van der Waals surface area contributed by atoms with Gasteiger partial charge in [-0.1, -0.05) is 36.4 Å². The highest BCUT2D eigenvalue weighted by Gasteiger charge is 2.21. The quantitative estimate of drug-likeness (QED) is 0.343. The van der Waals surface area contributed by atoms with Gasteiger partial charge < -0.3 is 19.7 Å². The molecule has 7 nitrogen and oxygen atoms in total. The second kappa shape index (κ2) is 11.6. The maximum Gasteiger partial charge on any atom is 0.228 e. The van der Waals surface area contributed by atoms with Crippen molar-refractivity contribution in [3.05, 3.63) is 77.9 Å². The Balaban J connectivity index is 1.15. The molecule has 1 saturated heterocycles. The first kappa shape index (κ1) is 25.0. The molecule has 5 rings (SSSR count). The number of rotatable bonds is 9.